The number of hydrogen-bond acceptors (Lipinski definition) is 5. The van der Waals surface area contributed by atoms with Gasteiger partial charge in [-0.25, -0.2) is 4.79 Å². The van der Waals surface area contributed by atoms with Crippen LogP contribution in [0.2, 0.25) is 0 Å². The molecule has 1 N–H and O–H groups in total. The van der Waals surface area contributed by atoms with Crippen LogP contribution in [0.5, 0.6) is 0 Å². The highest BCUT2D eigenvalue weighted by molar-refractivity contribution is 7.10. The Morgan fingerprint density at radius 2 is 2.08 bits per heavy atom. The van der Waals surface area contributed by atoms with E-state index in [1.54, 1.807) is 4.90 Å². The second-order valence-electron chi connectivity index (χ2n) is 5.75. The molecule has 0 saturated carbocycles. The van der Waals surface area contributed by atoms with Gasteiger partial charge >= 0.3 is 6.03 Å². The number of nitrogens with one attached hydrogen (secondary N) is 1. The van der Waals surface area contributed by atoms with Crippen molar-refractivity contribution in [3.63, 3.8) is 0 Å². The average molecular weight is 346 g/mol. The molecule has 3 rings (SSSR count). The molecule has 2 amide bonds. The summed E-state index contributed by atoms with van der Waals surface area (Å²) in [6, 6.07) is 11.8. The van der Waals surface area contributed by atoms with E-state index in [2.05, 4.69) is 14.6 Å². The van der Waals surface area contributed by atoms with Crippen LogP contribution in [-0.4, -0.2) is 66.6 Å². The molecule has 6 nitrogen and oxygen atoms in total. The Bertz CT molecular complexity index is 656. The highest BCUT2D eigenvalue weighted by Gasteiger charge is 2.14. The van der Waals surface area contributed by atoms with Crippen molar-refractivity contribution in [2.75, 3.05) is 51.8 Å². The summed E-state index contributed by atoms with van der Waals surface area (Å²) < 4.78 is 9.74. The maximum atomic E-state index is 12.3. The molecule has 0 spiro atoms. The summed E-state index contributed by atoms with van der Waals surface area (Å²) in [5.41, 5.74) is 1.93. The van der Waals surface area contributed by atoms with E-state index in [0.29, 0.717) is 6.54 Å². The molecule has 2 aromatic rings. The first-order valence-electron chi connectivity index (χ1n) is 8.07. The fourth-order valence-corrected chi connectivity index (χ4v) is 3.15. The van der Waals surface area contributed by atoms with Gasteiger partial charge in [-0.15, -0.1) is 0 Å². The van der Waals surface area contributed by atoms with Crippen molar-refractivity contribution in [2.24, 2.45) is 0 Å². The zero-order valence-electron chi connectivity index (χ0n) is 13.8. The number of carbonyl (C=O) groups is 1. The Hall–Kier alpha value is -1.96. The van der Waals surface area contributed by atoms with Crippen molar-refractivity contribution in [2.45, 2.75) is 0 Å². The van der Waals surface area contributed by atoms with E-state index >= 15 is 0 Å². The normalized spacial score (nSPS) is 15.2. The summed E-state index contributed by atoms with van der Waals surface area (Å²) in [5, 5.41) is 3.68. The van der Waals surface area contributed by atoms with E-state index in [-0.39, 0.29) is 6.03 Å². The van der Waals surface area contributed by atoms with E-state index in [9.17, 15) is 4.79 Å². The van der Waals surface area contributed by atoms with Gasteiger partial charge in [0.1, 0.15) is 5.00 Å². The molecule has 0 aliphatic carbocycles. The van der Waals surface area contributed by atoms with E-state index in [0.717, 1.165) is 49.1 Å². The van der Waals surface area contributed by atoms with Gasteiger partial charge in [0.15, 0.2) is 0 Å². The highest BCUT2D eigenvalue weighted by Crippen LogP contribution is 2.25. The van der Waals surface area contributed by atoms with Crippen LogP contribution in [0.3, 0.4) is 0 Å². The number of anilines is 1. The summed E-state index contributed by atoms with van der Waals surface area (Å²) in [4.78, 5) is 16.3. The number of ether oxygens (including phenoxy) is 1. The Morgan fingerprint density at radius 1 is 1.33 bits per heavy atom. The van der Waals surface area contributed by atoms with Crippen molar-refractivity contribution in [1.82, 2.24) is 14.2 Å². The molecule has 1 aromatic carbocycles. The number of carbonyl (C=O) groups excluding carboxylic acids is 1. The Labute approximate surface area is 146 Å². The average Bonchev–Trinajstić information content (AvgIpc) is 3.10. The molecule has 24 heavy (non-hydrogen) atoms. The molecular weight excluding hydrogens is 324 g/mol. The van der Waals surface area contributed by atoms with Crippen molar-refractivity contribution in [1.29, 1.82) is 0 Å². The number of hydrogen-bond donors (Lipinski definition) is 1. The number of rotatable bonds is 5. The number of amides is 2. The van der Waals surface area contributed by atoms with Crippen molar-refractivity contribution in [3.05, 3.63) is 36.4 Å². The number of benzene rings is 1. The van der Waals surface area contributed by atoms with Crippen molar-refractivity contribution in [3.8, 4) is 11.3 Å². The molecule has 128 valence electrons. The van der Waals surface area contributed by atoms with Crippen molar-refractivity contribution < 1.29 is 9.53 Å². The Balaban J connectivity index is 1.50. The quantitative estimate of drug-likeness (QED) is 0.904. The number of aromatic nitrogens is 1. The first-order chi connectivity index (χ1) is 11.7. The summed E-state index contributed by atoms with van der Waals surface area (Å²) in [7, 11) is 1.81. The van der Waals surface area contributed by atoms with Gasteiger partial charge in [-0.2, -0.15) is 4.37 Å². The molecule has 1 saturated heterocycles. The van der Waals surface area contributed by atoms with Gasteiger partial charge in [-0.3, -0.25) is 10.2 Å². The van der Waals surface area contributed by atoms with Gasteiger partial charge in [0.05, 0.1) is 18.9 Å². The van der Waals surface area contributed by atoms with Crippen LogP contribution in [0.1, 0.15) is 0 Å². The molecule has 2 heterocycles. The maximum absolute atomic E-state index is 12.3. The molecule has 0 bridgehead atoms. The van der Waals surface area contributed by atoms with Gasteiger partial charge in [-0.05, 0) is 11.5 Å². The van der Waals surface area contributed by atoms with E-state index < -0.39 is 0 Å². The minimum Gasteiger partial charge on any atom is -0.379 e. The number of morpholine rings is 1. The first-order valence-corrected chi connectivity index (χ1v) is 8.84. The lowest BCUT2D eigenvalue weighted by Crippen LogP contribution is -2.42. The molecule has 0 unspecified atom stereocenters. The smallest absolute Gasteiger partial charge is 0.322 e. The third kappa shape index (κ3) is 4.53. The molecule has 7 heteroatoms. The summed E-state index contributed by atoms with van der Waals surface area (Å²) in [5.74, 6) is 0. The van der Waals surface area contributed by atoms with Gasteiger partial charge < -0.3 is 9.64 Å². The van der Waals surface area contributed by atoms with Crippen LogP contribution >= 0.6 is 11.5 Å². The zero-order valence-corrected chi connectivity index (χ0v) is 14.6. The van der Waals surface area contributed by atoms with Crippen LogP contribution in [0, 0.1) is 0 Å². The highest BCUT2D eigenvalue weighted by atomic mass is 32.1. The number of nitrogens with zero attached hydrogens (tertiary/aromatic N) is 3. The lowest BCUT2D eigenvalue weighted by Gasteiger charge is -2.28. The van der Waals surface area contributed by atoms with Gasteiger partial charge in [0.25, 0.3) is 0 Å². The summed E-state index contributed by atoms with van der Waals surface area (Å²) in [6.45, 7) is 4.98. The van der Waals surface area contributed by atoms with E-state index in [1.807, 2.05) is 43.4 Å². The van der Waals surface area contributed by atoms with Crippen molar-refractivity contribution >= 4 is 22.6 Å². The van der Waals surface area contributed by atoms with Crippen LogP contribution < -0.4 is 5.32 Å². The van der Waals surface area contributed by atoms with E-state index in [1.165, 1.54) is 11.5 Å². The third-order valence-electron chi connectivity index (χ3n) is 4.01. The van der Waals surface area contributed by atoms with Crippen LogP contribution in [0.4, 0.5) is 9.80 Å². The minimum absolute atomic E-state index is 0.105. The maximum Gasteiger partial charge on any atom is 0.322 e. The predicted octanol–water partition coefficient (Wildman–Crippen LogP) is 2.61. The summed E-state index contributed by atoms with van der Waals surface area (Å²) in [6.07, 6.45) is 0. The molecule has 0 radical (unpaired) electrons. The Morgan fingerprint density at radius 3 is 2.83 bits per heavy atom. The molecular formula is C17H22N4O2S. The number of urea groups is 1. The largest absolute Gasteiger partial charge is 0.379 e. The lowest BCUT2D eigenvalue weighted by molar-refractivity contribution is 0.0359. The second-order valence-corrected chi connectivity index (χ2v) is 6.55. The standard InChI is InChI=1S/C17H22N4O2S/c1-20(7-8-21-9-11-23-12-10-21)17(22)18-16-13-15(19-24-16)14-5-3-2-4-6-14/h2-6,13H,7-12H2,1H3,(H,18,22). The molecule has 1 aromatic heterocycles. The predicted molar refractivity (Wildman–Crippen MR) is 96.5 cm³/mol. The fourth-order valence-electron chi connectivity index (χ4n) is 2.50. The summed E-state index contributed by atoms with van der Waals surface area (Å²) >= 11 is 1.30. The van der Waals surface area contributed by atoms with Crippen LogP contribution in [0.25, 0.3) is 11.3 Å². The molecule has 1 aliphatic heterocycles. The minimum atomic E-state index is -0.105. The van der Waals surface area contributed by atoms with Gasteiger partial charge in [-0.1, -0.05) is 30.3 Å². The Kier molecular flexibility index (Phi) is 5.79. The van der Waals surface area contributed by atoms with Crippen LogP contribution in [0.15, 0.2) is 36.4 Å². The zero-order chi connectivity index (χ0) is 16.8. The fraction of sp³-hybridized carbons (Fsp3) is 0.412. The third-order valence-corrected chi connectivity index (χ3v) is 4.72. The lowest BCUT2D eigenvalue weighted by atomic mass is 10.2. The van der Waals surface area contributed by atoms with E-state index in [4.69, 9.17) is 4.74 Å². The SMILES string of the molecule is CN(CCN1CCOCC1)C(=O)Nc1cc(-c2ccccc2)ns1. The first kappa shape index (κ1) is 16.9. The molecule has 1 fully saturated rings. The topological polar surface area (TPSA) is 57.7 Å². The second kappa shape index (κ2) is 8.23. The number of likely N-dealkylation sites (N-methyl/N-ethyl adjacent to an activating group) is 1. The van der Waals surface area contributed by atoms with Gasteiger partial charge in [0.2, 0.25) is 0 Å². The monoisotopic (exact) mass is 346 g/mol. The molecule has 0 atom stereocenters. The van der Waals surface area contributed by atoms with Gasteiger partial charge in [0, 0.05) is 44.9 Å². The molecule has 1 aliphatic rings. The van der Waals surface area contributed by atoms with Crippen LogP contribution in [-0.2, 0) is 4.74 Å².